The monoisotopic (exact) mass is 749 g/mol. The Morgan fingerprint density at radius 3 is 2.35 bits per heavy atom. The lowest BCUT2D eigenvalue weighted by atomic mass is 9.65. The molecule has 3 aromatic carbocycles. The number of anilines is 2. The van der Waals surface area contributed by atoms with Crippen LogP contribution < -0.4 is 15.1 Å². The molecule has 11 heteroatoms. The van der Waals surface area contributed by atoms with E-state index in [9.17, 15) is 19.5 Å². The standard InChI is InChI=1S/C44H52FN5O5/c45-38-25-31(42-35(29-13-21-55-22-14-29)5-1-30-24-34(51)4-7-36(30)42)2-8-39(38)49-15-11-28(12-16-49)26-47-17-19-48(20-18-47)33-3-6-37-32(23-33)27-50(44(37)54)40-9-10-41(52)46-43(40)53/h2-4,6-8,23-25,28-29,35,40,42,51H,1,5,9-22,26-27H2,(H,46,52,53)/t35-,40+,42+/m1/s1. The third kappa shape index (κ3) is 7.21. The molecular weight excluding hydrogens is 698 g/mol. The summed E-state index contributed by atoms with van der Waals surface area (Å²) in [7, 11) is 0. The number of carbonyl (C=O) groups excluding carboxylic acids is 3. The molecule has 2 N–H and O–H groups in total. The summed E-state index contributed by atoms with van der Waals surface area (Å²) in [5.41, 5.74) is 6.84. The number of phenols is 1. The van der Waals surface area contributed by atoms with Gasteiger partial charge in [-0.3, -0.25) is 24.6 Å². The fraction of sp³-hybridized carbons (Fsp3) is 0.523. The number of piperidine rings is 2. The second kappa shape index (κ2) is 15.2. The molecular formula is C44H52FN5O5. The summed E-state index contributed by atoms with van der Waals surface area (Å²) in [4.78, 5) is 46.0. The van der Waals surface area contributed by atoms with Crippen molar-refractivity contribution in [1.82, 2.24) is 15.1 Å². The van der Waals surface area contributed by atoms with Crippen molar-refractivity contribution in [2.24, 2.45) is 17.8 Å². The molecule has 6 aliphatic rings. The molecule has 0 radical (unpaired) electrons. The van der Waals surface area contributed by atoms with Gasteiger partial charge in [-0.25, -0.2) is 4.39 Å². The van der Waals surface area contributed by atoms with Crippen molar-refractivity contribution in [1.29, 1.82) is 0 Å². The van der Waals surface area contributed by atoms with Crippen molar-refractivity contribution in [3.63, 3.8) is 0 Å². The number of nitrogens with zero attached hydrogens (tertiary/aromatic N) is 4. The van der Waals surface area contributed by atoms with Gasteiger partial charge in [-0.15, -0.1) is 0 Å². The molecule has 0 unspecified atom stereocenters. The minimum absolute atomic E-state index is 0.115. The van der Waals surface area contributed by atoms with Crippen LogP contribution in [0.2, 0.25) is 0 Å². The van der Waals surface area contributed by atoms with Gasteiger partial charge < -0.3 is 24.5 Å². The maximum absolute atomic E-state index is 16.1. The zero-order valence-electron chi connectivity index (χ0n) is 31.6. The van der Waals surface area contributed by atoms with Crippen molar-refractivity contribution in [3.8, 4) is 5.75 Å². The van der Waals surface area contributed by atoms with Crippen molar-refractivity contribution in [2.75, 3.05) is 68.8 Å². The van der Waals surface area contributed by atoms with E-state index in [0.29, 0.717) is 47.7 Å². The molecule has 290 valence electrons. The van der Waals surface area contributed by atoms with Crippen LogP contribution in [0.1, 0.15) is 83.5 Å². The molecule has 0 bridgehead atoms. The highest BCUT2D eigenvalue weighted by atomic mass is 19.1. The summed E-state index contributed by atoms with van der Waals surface area (Å²) in [6.07, 6.45) is 6.77. The molecule has 0 aromatic heterocycles. The number of rotatable bonds is 7. The van der Waals surface area contributed by atoms with Gasteiger partial charge in [-0.2, -0.15) is 0 Å². The first kappa shape index (κ1) is 36.2. The van der Waals surface area contributed by atoms with Crippen molar-refractivity contribution >= 4 is 29.1 Å². The zero-order chi connectivity index (χ0) is 37.6. The van der Waals surface area contributed by atoms with Crippen LogP contribution in [0.3, 0.4) is 0 Å². The molecule has 5 heterocycles. The van der Waals surface area contributed by atoms with Crippen LogP contribution in [0, 0.1) is 23.6 Å². The SMILES string of the molecule is O=C1CC[C@H](N2Cc3cc(N4CCN(CC5CCN(c6ccc([C@@H]7c8ccc(O)cc8CC[C@@H]7C7CCOCC7)cc6F)CC5)CC4)ccc3C2=O)C(=O)N1. The van der Waals surface area contributed by atoms with Gasteiger partial charge >= 0.3 is 0 Å². The highest BCUT2D eigenvalue weighted by Crippen LogP contribution is 2.48. The second-order valence-electron chi connectivity index (χ2n) is 16.7. The lowest BCUT2D eigenvalue weighted by Crippen LogP contribution is -2.52. The van der Waals surface area contributed by atoms with Crippen molar-refractivity contribution in [2.45, 2.75) is 69.9 Å². The summed E-state index contributed by atoms with van der Waals surface area (Å²) >= 11 is 0. The van der Waals surface area contributed by atoms with E-state index in [4.69, 9.17) is 4.74 Å². The Hall–Kier alpha value is -4.48. The number of benzene rings is 3. The van der Waals surface area contributed by atoms with Crippen LogP contribution in [0.25, 0.3) is 0 Å². The first-order chi connectivity index (χ1) is 26.8. The number of ether oxygens (including phenoxy) is 1. The predicted molar refractivity (Wildman–Crippen MR) is 208 cm³/mol. The number of aryl methyl sites for hydroxylation is 1. The quantitative estimate of drug-likeness (QED) is 0.308. The van der Waals surface area contributed by atoms with E-state index in [1.54, 1.807) is 17.0 Å². The van der Waals surface area contributed by atoms with Gasteiger partial charge in [0.15, 0.2) is 0 Å². The van der Waals surface area contributed by atoms with E-state index in [1.807, 2.05) is 24.3 Å². The van der Waals surface area contributed by atoms with E-state index in [2.05, 4.69) is 38.2 Å². The number of imide groups is 1. The average molecular weight is 750 g/mol. The molecule has 55 heavy (non-hydrogen) atoms. The Kier molecular flexibility index (Phi) is 10.0. The Morgan fingerprint density at radius 2 is 1.58 bits per heavy atom. The topological polar surface area (TPSA) is 106 Å². The van der Waals surface area contributed by atoms with Gasteiger partial charge in [0, 0.05) is 89.2 Å². The molecule has 4 fully saturated rings. The number of hydrogen-bond acceptors (Lipinski definition) is 8. The van der Waals surface area contributed by atoms with Crippen LogP contribution in [-0.2, 0) is 27.3 Å². The fourth-order valence-electron chi connectivity index (χ4n) is 10.6. The van der Waals surface area contributed by atoms with E-state index < -0.39 is 6.04 Å². The Labute approximate surface area is 322 Å². The van der Waals surface area contributed by atoms with Gasteiger partial charge in [0.25, 0.3) is 5.91 Å². The molecule has 3 amide bonds. The summed E-state index contributed by atoms with van der Waals surface area (Å²) in [5.74, 6) is 1.03. The minimum atomic E-state index is -0.603. The van der Waals surface area contributed by atoms with E-state index in [0.717, 1.165) is 114 Å². The summed E-state index contributed by atoms with van der Waals surface area (Å²) in [5, 5.41) is 12.6. The van der Waals surface area contributed by atoms with Crippen LogP contribution >= 0.6 is 0 Å². The first-order valence-electron chi connectivity index (χ1n) is 20.5. The largest absolute Gasteiger partial charge is 0.508 e. The number of fused-ring (bicyclic) bond motifs is 2. The first-order valence-corrected chi connectivity index (χ1v) is 20.5. The van der Waals surface area contributed by atoms with Crippen LogP contribution in [0.15, 0.2) is 54.6 Å². The van der Waals surface area contributed by atoms with Gasteiger partial charge in [-0.1, -0.05) is 12.1 Å². The molecule has 3 atom stereocenters. The molecule has 1 aliphatic carbocycles. The van der Waals surface area contributed by atoms with E-state index in [-0.39, 0.29) is 35.9 Å². The molecule has 0 spiro atoms. The van der Waals surface area contributed by atoms with E-state index in [1.165, 1.54) is 11.1 Å². The van der Waals surface area contributed by atoms with Crippen LogP contribution in [0.4, 0.5) is 15.8 Å². The van der Waals surface area contributed by atoms with Crippen molar-refractivity contribution in [3.05, 3.63) is 88.2 Å². The summed E-state index contributed by atoms with van der Waals surface area (Å²) in [6.45, 7) is 8.47. The molecule has 0 saturated carbocycles. The average Bonchev–Trinajstić information content (AvgIpc) is 3.53. The minimum Gasteiger partial charge on any atom is -0.508 e. The van der Waals surface area contributed by atoms with Gasteiger partial charge in [0.2, 0.25) is 11.8 Å². The van der Waals surface area contributed by atoms with Crippen LogP contribution in [-0.4, -0.2) is 97.7 Å². The fourth-order valence-corrected chi connectivity index (χ4v) is 10.6. The number of carbonyl (C=O) groups is 3. The summed E-state index contributed by atoms with van der Waals surface area (Å²) in [6, 6.07) is 17.1. The molecule has 3 aromatic rings. The number of amides is 3. The van der Waals surface area contributed by atoms with Gasteiger partial charge in [-0.05, 0) is 127 Å². The Bertz CT molecular complexity index is 1950. The number of hydrogen-bond donors (Lipinski definition) is 2. The number of phenolic OH excluding ortho intramolecular Hbond substituents is 1. The maximum Gasteiger partial charge on any atom is 0.255 e. The van der Waals surface area contributed by atoms with Gasteiger partial charge in [0.1, 0.15) is 17.6 Å². The second-order valence-corrected chi connectivity index (χ2v) is 16.7. The normalized spacial score (nSPS) is 25.6. The summed E-state index contributed by atoms with van der Waals surface area (Å²) < 4.78 is 21.8. The number of nitrogens with one attached hydrogen (secondary N) is 1. The molecule has 4 saturated heterocycles. The third-order valence-corrected chi connectivity index (χ3v) is 13.6. The highest BCUT2D eigenvalue weighted by molar-refractivity contribution is 6.05. The highest BCUT2D eigenvalue weighted by Gasteiger charge is 2.40. The lowest BCUT2D eigenvalue weighted by molar-refractivity contribution is -0.136. The van der Waals surface area contributed by atoms with Crippen molar-refractivity contribution < 1.29 is 28.6 Å². The number of halogens is 1. The van der Waals surface area contributed by atoms with Crippen LogP contribution in [0.5, 0.6) is 5.75 Å². The Morgan fingerprint density at radius 1 is 0.782 bits per heavy atom. The maximum atomic E-state index is 16.1. The number of aromatic hydroxyl groups is 1. The smallest absolute Gasteiger partial charge is 0.255 e. The lowest BCUT2D eigenvalue weighted by Gasteiger charge is -2.41. The van der Waals surface area contributed by atoms with Gasteiger partial charge in [0.05, 0.1) is 5.69 Å². The predicted octanol–water partition coefficient (Wildman–Crippen LogP) is 5.45. The third-order valence-electron chi connectivity index (χ3n) is 13.6. The van der Waals surface area contributed by atoms with E-state index >= 15 is 4.39 Å². The zero-order valence-corrected chi connectivity index (χ0v) is 31.6. The molecule has 5 aliphatic heterocycles. The Balaban J connectivity index is 0.787. The molecule has 10 nitrogen and oxygen atoms in total. The molecule has 9 rings (SSSR count). The number of piperazine rings is 1.